The second-order valence-electron chi connectivity index (χ2n) is 8.13. The highest BCUT2D eigenvalue weighted by Gasteiger charge is 2.40. The molecular weight excluding hydrogens is 386 g/mol. The van der Waals surface area contributed by atoms with E-state index in [2.05, 4.69) is 43.0 Å². The van der Waals surface area contributed by atoms with Crippen LogP contribution in [-0.2, 0) is 12.1 Å². The van der Waals surface area contributed by atoms with Crippen LogP contribution in [0.25, 0.3) is 0 Å². The lowest BCUT2D eigenvalue weighted by Crippen LogP contribution is -2.50. The highest BCUT2D eigenvalue weighted by atomic mass is 19.1. The second kappa shape index (κ2) is 10.6. The van der Waals surface area contributed by atoms with Gasteiger partial charge in [-0.3, -0.25) is 4.90 Å². The highest BCUT2D eigenvalue weighted by molar-refractivity contribution is 5.27. The first-order chi connectivity index (χ1) is 14.1. The third-order valence-corrected chi connectivity index (χ3v) is 5.44. The zero-order valence-corrected chi connectivity index (χ0v) is 18.4. The van der Waals surface area contributed by atoms with E-state index in [1.54, 1.807) is 0 Å². The Morgan fingerprint density at radius 1 is 1.27 bits per heavy atom. The molecule has 2 rings (SSSR count). The van der Waals surface area contributed by atoms with Crippen molar-refractivity contribution in [1.82, 2.24) is 19.7 Å². The Balaban J connectivity index is 2.23. The van der Waals surface area contributed by atoms with Gasteiger partial charge in [-0.1, -0.05) is 29.4 Å². The molecule has 0 fully saturated rings. The third-order valence-electron chi connectivity index (χ3n) is 5.44. The van der Waals surface area contributed by atoms with Crippen LogP contribution >= 0.6 is 0 Å². The van der Waals surface area contributed by atoms with Crippen molar-refractivity contribution in [3.8, 4) is 0 Å². The van der Waals surface area contributed by atoms with E-state index in [1.807, 2.05) is 18.9 Å². The van der Waals surface area contributed by atoms with Crippen LogP contribution in [0.3, 0.4) is 0 Å². The maximum Gasteiger partial charge on any atom is 0.137 e. The van der Waals surface area contributed by atoms with Crippen molar-refractivity contribution in [2.75, 3.05) is 13.6 Å². The normalized spacial score (nSPS) is 15.2. The minimum absolute atomic E-state index is 0.00960. The lowest BCUT2D eigenvalue weighted by atomic mass is 9.85. The number of allylic oxidation sites excluding steroid dienone is 3. The van der Waals surface area contributed by atoms with Crippen LogP contribution in [-0.4, -0.2) is 44.4 Å². The second-order valence-corrected chi connectivity index (χ2v) is 8.13. The van der Waals surface area contributed by atoms with E-state index in [4.69, 9.17) is 0 Å². The SMILES string of the molecule is CC(C)=CCC/C(C)=C/CN(C)[C@H](C)[C@](O)(Cn1cncn1)c1ccc(F)cc1F. The van der Waals surface area contributed by atoms with Crippen molar-refractivity contribution >= 4 is 0 Å². The van der Waals surface area contributed by atoms with Gasteiger partial charge in [0.05, 0.1) is 6.54 Å². The predicted molar refractivity (Wildman–Crippen MR) is 115 cm³/mol. The van der Waals surface area contributed by atoms with E-state index >= 15 is 0 Å². The minimum atomic E-state index is -1.63. The first-order valence-corrected chi connectivity index (χ1v) is 10.1. The summed E-state index contributed by atoms with van der Waals surface area (Å²) in [6, 6.07) is 2.77. The van der Waals surface area contributed by atoms with Gasteiger partial charge in [-0.15, -0.1) is 0 Å². The molecule has 0 bridgehead atoms. The van der Waals surface area contributed by atoms with Crippen molar-refractivity contribution in [2.24, 2.45) is 0 Å². The summed E-state index contributed by atoms with van der Waals surface area (Å²) < 4.78 is 29.6. The molecule has 0 radical (unpaired) electrons. The summed E-state index contributed by atoms with van der Waals surface area (Å²) in [5.41, 5.74) is 0.944. The van der Waals surface area contributed by atoms with E-state index in [9.17, 15) is 13.9 Å². The first-order valence-electron chi connectivity index (χ1n) is 10.1. The lowest BCUT2D eigenvalue weighted by molar-refractivity contribution is -0.0543. The summed E-state index contributed by atoms with van der Waals surface area (Å²) in [6.45, 7) is 8.65. The molecule has 0 aliphatic rings. The number of aliphatic hydroxyl groups is 1. The molecule has 1 aromatic carbocycles. The molecule has 0 aliphatic heterocycles. The summed E-state index contributed by atoms with van der Waals surface area (Å²) in [5.74, 6) is -1.47. The summed E-state index contributed by atoms with van der Waals surface area (Å²) >= 11 is 0. The third kappa shape index (κ3) is 6.31. The summed E-state index contributed by atoms with van der Waals surface area (Å²) in [5, 5.41) is 15.7. The van der Waals surface area contributed by atoms with Gasteiger partial charge >= 0.3 is 0 Å². The predicted octanol–water partition coefficient (Wildman–Crippen LogP) is 4.46. The number of halogens is 2. The monoisotopic (exact) mass is 418 g/mol. The van der Waals surface area contributed by atoms with Crippen LogP contribution in [0.5, 0.6) is 0 Å². The van der Waals surface area contributed by atoms with Crippen molar-refractivity contribution in [3.05, 3.63) is 71.3 Å². The van der Waals surface area contributed by atoms with Gasteiger partial charge in [0.25, 0.3) is 0 Å². The van der Waals surface area contributed by atoms with Crippen LogP contribution in [0.4, 0.5) is 8.78 Å². The van der Waals surface area contributed by atoms with E-state index in [0.717, 1.165) is 25.0 Å². The molecular formula is C23H32F2N4O. The smallest absolute Gasteiger partial charge is 0.137 e. The number of aromatic nitrogens is 3. The van der Waals surface area contributed by atoms with Crippen LogP contribution in [0.2, 0.25) is 0 Å². The lowest BCUT2D eigenvalue weighted by Gasteiger charge is -2.39. The van der Waals surface area contributed by atoms with Crippen LogP contribution in [0, 0.1) is 11.6 Å². The molecule has 30 heavy (non-hydrogen) atoms. The zero-order chi connectivity index (χ0) is 22.3. The maximum absolute atomic E-state index is 14.6. The Hall–Kier alpha value is -2.38. The molecule has 0 aliphatic carbocycles. The number of hydrogen-bond acceptors (Lipinski definition) is 4. The van der Waals surface area contributed by atoms with Gasteiger partial charge in [-0.05, 0) is 53.7 Å². The Labute approximate surface area is 177 Å². The summed E-state index contributed by atoms with van der Waals surface area (Å²) in [7, 11) is 1.87. The number of nitrogens with zero attached hydrogens (tertiary/aromatic N) is 4. The topological polar surface area (TPSA) is 54.2 Å². The fourth-order valence-corrected chi connectivity index (χ4v) is 3.36. The zero-order valence-electron chi connectivity index (χ0n) is 18.4. The Morgan fingerprint density at radius 2 is 2.00 bits per heavy atom. The molecule has 1 heterocycles. The van der Waals surface area contributed by atoms with Crippen LogP contribution in [0.15, 0.2) is 54.2 Å². The molecule has 0 spiro atoms. The number of rotatable bonds is 10. The molecule has 1 aromatic heterocycles. The number of benzene rings is 1. The van der Waals surface area contributed by atoms with Gasteiger partial charge in [-0.25, -0.2) is 18.4 Å². The molecule has 0 saturated heterocycles. The molecule has 7 heteroatoms. The van der Waals surface area contributed by atoms with Crippen molar-refractivity contribution < 1.29 is 13.9 Å². The van der Waals surface area contributed by atoms with E-state index in [1.165, 1.54) is 34.5 Å². The average molecular weight is 419 g/mol. The van der Waals surface area contributed by atoms with Crippen LogP contribution in [0.1, 0.15) is 46.1 Å². The number of likely N-dealkylation sites (N-methyl/N-ethyl adjacent to an activating group) is 1. The molecule has 2 aromatic rings. The fourth-order valence-electron chi connectivity index (χ4n) is 3.36. The van der Waals surface area contributed by atoms with E-state index in [-0.39, 0.29) is 12.1 Å². The van der Waals surface area contributed by atoms with E-state index in [0.29, 0.717) is 6.54 Å². The van der Waals surface area contributed by atoms with Crippen molar-refractivity contribution in [1.29, 1.82) is 0 Å². The largest absolute Gasteiger partial charge is 0.381 e. The standard InChI is InChI=1S/C23H32F2N4O/c1-17(2)7-6-8-18(3)11-12-28(5)19(4)23(30,14-29-16-26-15-27-29)21-10-9-20(24)13-22(21)25/h7,9-11,13,15-16,19,30H,6,8,12,14H2,1-5H3/b18-11+/t19-,23-/m1/s1. The summed E-state index contributed by atoms with van der Waals surface area (Å²) in [6.07, 6.45) is 9.09. The Morgan fingerprint density at radius 3 is 2.60 bits per heavy atom. The van der Waals surface area contributed by atoms with Gasteiger partial charge in [0.15, 0.2) is 0 Å². The summed E-state index contributed by atoms with van der Waals surface area (Å²) in [4.78, 5) is 5.85. The van der Waals surface area contributed by atoms with Crippen molar-refractivity contribution in [2.45, 2.75) is 58.7 Å². The molecule has 5 nitrogen and oxygen atoms in total. The average Bonchev–Trinajstić information content (AvgIpc) is 3.17. The van der Waals surface area contributed by atoms with E-state index < -0.39 is 23.3 Å². The fraction of sp³-hybridized carbons (Fsp3) is 0.478. The van der Waals surface area contributed by atoms with Gasteiger partial charge < -0.3 is 5.11 Å². The maximum atomic E-state index is 14.6. The van der Waals surface area contributed by atoms with Gasteiger partial charge in [0.2, 0.25) is 0 Å². The highest BCUT2D eigenvalue weighted by Crippen LogP contribution is 2.32. The molecule has 0 amide bonds. The molecule has 1 N–H and O–H groups in total. The minimum Gasteiger partial charge on any atom is -0.381 e. The quantitative estimate of drug-likeness (QED) is 0.579. The number of hydrogen-bond donors (Lipinski definition) is 1. The van der Waals surface area contributed by atoms with Gasteiger partial charge in [0.1, 0.15) is 29.9 Å². The van der Waals surface area contributed by atoms with Gasteiger partial charge in [0, 0.05) is 24.2 Å². The molecule has 0 unspecified atom stereocenters. The molecule has 0 saturated carbocycles. The van der Waals surface area contributed by atoms with Crippen LogP contribution < -0.4 is 0 Å². The first kappa shape index (κ1) is 23.9. The molecule has 164 valence electrons. The molecule has 2 atom stereocenters. The van der Waals surface area contributed by atoms with Crippen molar-refractivity contribution in [3.63, 3.8) is 0 Å². The Bertz CT molecular complexity index is 875. The Kier molecular flexibility index (Phi) is 8.43. The van der Waals surface area contributed by atoms with Gasteiger partial charge in [-0.2, -0.15) is 5.10 Å².